The minimum atomic E-state index is 0.653. The van der Waals surface area contributed by atoms with Crippen LogP contribution in [0.4, 0.5) is 11.4 Å². The molecule has 1 aromatic rings. The predicted octanol–water partition coefficient (Wildman–Crippen LogP) is 1.91. The molecular weight excluding hydrogens is 238 g/mol. The van der Waals surface area contributed by atoms with Crippen molar-refractivity contribution in [1.82, 2.24) is 4.90 Å². The second kappa shape index (κ2) is 7.37. The van der Waals surface area contributed by atoms with Gasteiger partial charge in [0.25, 0.3) is 0 Å². The molecule has 0 bridgehead atoms. The van der Waals surface area contributed by atoms with Gasteiger partial charge in [0.05, 0.1) is 24.6 Å². The van der Waals surface area contributed by atoms with Gasteiger partial charge in [-0.1, -0.05) is 11.6 Å². The molecule has 0 radical (unpaired) electrons. The van der Waals surface area contributed by atoms with E-state index in [-0.39, 0.29) is 0 Å². The maximum Gasteiger partial charge on any atom is 0.0639 e. The van der Waals surface area contributed by atoms with Gasteiger partial charge in [-0.2, -0.15) is 0 Å². The van der Waals surface area contributed by atoms with Gasteiger partial charge in [-0.05, 0) is 32.3 Å². The molecular formula is C12H20ClN3O. The van der Waals surface area contributed by atoms with Crippen LogP contribution >= 0.6 is 11.6 Å². The van der Waals surface area contributed by atoms with Crippen molar-refractivity contribution in [3.8, 4) is 0 Å². The third-order valence-electron chi connectivity index (χ3n) is 2.26. The molecule has 3 N–H and O–H groups in total. The molecule has 0 saturated heterocycles. The molecule has 1 rings (SSSR count). The number of rotatable bonds is 7. The van der Waals surface area contributed by atoms with Crippen molar-refractivity contribution in [2.45, 2.75) is 0 Å². The van der Waals surface area contributed by atoms with Crippen LogP contribution in [0.25, 0.3) is 0 Å². The van der Waals surface area contributed by atoms with E-state index in [2.05, 4.69) is 10.2 Å². The number of likely N-dealkylation sites (N-methyl/N-ethyl adjacent to an activating group) is 1. The van der Waals surface area contributed by atoms with Crippen LogP contribution in [0.2, 0.25) is 5.02 Å². The monoisotopic (exact) mass is 257 g/mol. The summed E-state index contributed by atoms with van der Waals surface area (Å²) < 4.78 is 5.46. The Balaban J connectivity index is 2.20. The summed E-state index contributed by atoms with van der Waals surface area (Å²) in [6.07, 6.45) is 0. The lowest BCUT2D eigenvalue weighted by Gasteiger charge is -2.12. The number of hydrogen-bond donors (Lipinski definition) is 2. The van der Waals surface area contributed by atoms with Crippen molar-refractivity contribution in [1.29, 1.82) is 0 Å². The number of nitrogens with two attached hydrogens (primary N) is 1. The topological polar surface area (TPSA) is 50.5 Å². The molecule has 17 heavy (non-hydrogen) atoms. The minimum absolute atomic E-state index is 0.653. The van der Waals surface area contributed by atoms with Gasteiger partial charge in [-0.3, -0.25) is 0 Å². The zero-order chi connectivity index (χ0) is 12.7. The fourth-order valence-corrected chi connectivity index (χ4v) is 1.46. The summed E-state index contributed by atoms with van der Waals surface area (Å²) in [4.78, 5) is 2.09. The number of anilines is 2. The van der Waals surface area contributed by atoms with Crippen LogP contribution in [0.1, 0.15) is 0 Å². The van der Waals surface area contributed by atoms with Crippen molar-refractivity contribution in [2.75, 3.05) is 51.4 Å². The Bertz CT molecular complexity index is 345. The highest BCUT2D eigenvalue weighted by molar-refractivity contribution is 6.31. The summed E-state index contributed by atoms with van der Waals surface area (Å²) in [7, 11) is 4.04. The highest BCUT2D eigenvalue weighted by Gasteiger charge is 1.99. The largest absolute Gasteiger partial charge is 0.397 e. The second-order valence-corrected chi connectivity index (χ2v) is 4.51. The maximum atomic E-state index is 5.88. The number of nitrogens with one attached hydrogen (secondary N) is 1. The summed E-state index contributed by atoms with van der Waals surface area (Å²) in [5.41, 5.74) is 7.35. The van der Waals surface area contributed by atoms with E-state index in [0.717, 1.165) is 25.4 Å². The molecule has 0 amide bonds. The Morgan fingerprint density at radius 3 is 2.82 bits per heavy atom. The molecule has 0 aliphatic carbocycles. The molecule has 0 aromatic heterocycles. The molecule has 0 fully saturated rings. The number of halogens is 1. The molecule has 4 nitrogen and oxygen atoms in total. The van der Waals surface area contributed by atoms with Crippen molar-refractivity contribution < 1.29 is 4.74 Å². The Morgan fingerprint density at radius 1 is 1.35 bits per heavy atom. The number of ether oxygens (including phenoxy) is 1. The number of benzene rings is 1. The Kier molecular flexibility index (Phi) is 6.11. The van der Waals surface area contributed by atoms with E-state index in [4.69, 9.17) is 22.1 Å². The third-order valence-corrected chi connectivity index (χ3v) is 2.50. The maximum absolute atomic E-state index is 5.88. The van der Waals surface area contributed by atoms with Crippen molar-refractivity contribution >= 4 is 23.0 Å². The SMILES string of the molecule is CN(C)CCOCCNc1cc(Cl)ccc1N. The van der Waals surface area contributed by atoms with Crippen LogP contribution in [-0.4, -0.2) is 45.3 Å². The summed E-state index contributed by atoms with van der Waals surface area (Å²) in [5.74, 6) is 0. The second-order valence-electron chi connectivity index (χ2n) is 4.07. The fourth-order valence-electron chi connectivity index (χ4n) is 1.29. The van der Waals surface area contributed by atoms with E-state index in [1.165, 1.54) is 0 Å². The molecule has 5 heteroatoms. The van der Waals surface area contributed by atoms with Gasteiger partial charge in [-0.25, -0.2) is 0 Å². The first-order valence-corrected chi connectivity index (χ1v) is 5.99. The zero-order valence-corrected chi connectivity index (χ0v) is 11.1. The van der Waals surface area contributed by atoms with E-state index >= 15 is 0 Å². The van der Waals surface area contributed by atoms with Crippen LogP contribution in [0.5, 0.6) is 0 Å². The molecule has 0 aliphatic heterocycles. The van der Waals surface area contributed by atoms with Crippen LogP contribution in [0.3, 0.4) is 0 Å². The Morgan fingerprint density at radius 2 is 2.12 bits per heavy atom. The minimum Gasteiger partial charge on any atom is -0.397 e. The standard InChI is InChI=1S/C12H20ClN3O/c1-16(2)6-8-17-7-5-15-12-9-10(13)3-4-11(12)14/h3-4,9,15H,5-8,14H2,1-2H3. The lowest BCUT2D eigenvalue weighted by molar-refractivity contribution is 0.126. The number of hydrogen-bond acceptors (Lipinski definition) is 4. The normalized spacial score (nSPS) is 10.8. The van der Waals surface area contributed by atoms with E-state index in [1.54, 1.807) is 12.1 Å². The van der Waals surface area contributed by atoms with Gasteiger partial charge in [-0.15, -0.1) is 0 Å². The van der Waals surface area contributed by atoms with E-state index in [1.807, 2.05) is 20.2 Å². The van der Waals surface area contributed by atoms with Gasteiger partial charge >= 0.3 is 0 Å². The lowest BCUT2D eigenvalue weighted by Crippen LogP contribution is -2.20. The molecule has 0 heterocycles. The van der Waals surface area contributed by atoms with Crippen molar-refractivity contribution in [2.24, 2.45) is 0 Å². The quantitative estimate of drug-likeness (QED) is 0.579. The highest BCUT2D eigenvalue weighted by atomic mass is 35.5. The van der Waals surface area contributed by atoms with Crippen LogP contribution in [-0.2, 0) is 4.74 Å². The molecule has 96 valence electrons. The van der Waals surface area contributed by atoms with Crippen molar-refractivity contribution in [3.63, 3.8) is 0 Å². The molecule has 0 unspecified atom stereocenters. The Hall–Kier alpha value is -0.970. The van der Waals surface area contributed by atoms with E-state index in [9.17, 15) is 0 Å². The first-order chi connectivity index (χ1) is 8.09. The van der Waals surface area contributed by atoms with Gasteiger partial charge in [0.2, 0.25) is 0 Å². The van der Waals surface area contributed by atoms with E-state index < -0.39 is 0 Å². The van der Waals surface area contributed by atoms with Gasteiger partial charge < -0.3 is 20.7 Å². The molecule has 0 saturated carbocycles. The summed E-state index contributed by atoms with van der Waals surface area (Å²) in [5, 5.41) is 3.87. The van der Waals surface area contributed by atoms with Gasteiger partial charge in [0.1, 0.15) is 0 Å². The summed E-state index contributed by atoms with van der Waals surface area (Å²) in [6.45, 7) is 3.04. The first kappa shape index (κ1) is 14.1. The zero-order valence-electron chi connectivity index (χ0n) is 10.4. The average molecular weight is 258 g/mol. The van der Waals surface area contributed by atoms with Crippen LogP contribution < -0.4 is 11.1 Å². The smallest absolute Gasteiger partial charge is 0.0639 e. The summed E-state index contributed by atoms with van der Waals surface area (Å²) in [6, 6.07) is 5.38. The Labute approximate surface area is 108 Å². The van der Waals surface area contributed by atoms with Gasteiger partial charge in [0.15, 0.2) is 0 Å². The van der Waals surface area contributed by atoms with Crippen LogP contribution in [0.15, 0.2) is 18.2 Å². The van der Waals surface area contributed by atoms with Crippen LogP contribution in [0, 0.1) is 0 Å². The predicted molar refractivity (Wildman–Crippen MR) is 73.7 cm³/mol. The number of nitrogens with zero attached hydrogens (tertiary/aromatic N) is 1. The lowest BCUT2D eigenvalue weighted by atomic mass is 10.2. The summed E-state index contributed by atoms with van der Waals surface area (Å²) >= 11 is 5.88. The molecule has 0 atom stereocenters. The average Bonchev–Trinajstić information content (AvgIpc) is 2.27. The highest BCUT2D eigenvalue weighted by Crippen LogP contribution is 2.22. The van der Waals surface area contributed by atoms with Crippen molar-refractivity contribution in [3.05, 3.63) is 23.2 Å². The molecule has 1 aromatic carbocycles. The number of nitrogen functional groups attached to an aromatic ring is 1. The van der Waals surface area contributed by atoms with Gasteiger partial charge in [0, 0.05) is 18.1 Å². The first-order valence-electron chi connectivity index (χ1n) is 5.61. The molecule has 0 aliphatic rings. The fraction of sp³-hybridized carbons (Fsp3) is 0.500. The third kappa shape index (κ3) is 5.77. The molecule has 0 spiro atoms. The van der Waals surface area contributed by atoms with E-state index in [0.29, 0.717) is 17.3 Å².